The van der Waals surface area contributed by atoms with E-state index in [9.17, 15) is 14.9 Å². The number of amides is 1. The van der Waals surface area contributed by atoms with Crippen LogP contribution in [0.25, 0.3) is 10.2 Å². The smallest absolute Gasteiger partial charge is 0.286 e. The Morgan fingerprint density at radius 1 is 1.29 bits per heavy atom. The first-order valence-corrected chi connectivity index (χ1v) is 9.88. The Hall–Kier alpha value is -2.26. The van der Waals surface area contributed by atoms with Crippen LogP contribution in [0.15, 0.2) is 41.4 Å². The third-order valence-electron chi connectivity index (χ3n) is 3.93. The van der Waals surface area contributed by atoms with Gasteiger partial charge in [0.25, 0.3) is 11.6 Å². The minimum Gasteiger partial charge on any atom is -0.380 e. The molecule has 0 fully saturated rings. The molecular weight excluding hydrogens is 425 g/mol. The lowest BCUT2D eigenvalue weighted by Gasteiger charge is -2.07. The second-order valence-electron chi connectivity index (χ2n) is 5.63. The molecule has 10 heteroatoms. The van der Waals surface area contributed by atoms with Gasteiger partial charge in [0, 0.05) is 19.2 Å². The predicted octanol–water partition coefficient (Wildman–Crippen LogP) is 4.70. The zero-order chi connectivity index (χ0) is 20.3. The molecule has 1 amide bonds. The molecule has 3 aromatic rings. The number of hydrogen-bond acceptors (Lipinski definition) is 5. The number of fused-ring (bicyclic) bond motifs is 1. The van der Waals surface area contributed by atoms with Crippen LogP contribution >= 0.6 is 34.5 Å². The second-order valence-corrected chi connectivity index (χ2v) is 7.43. The van der Waals surface area contributed by atoms with E-state index in [1.807, 2.05) is 6.92 Å². The zero-order valence-corrected chi connectivity index (χ0v) is 17.1. The van der Waals surface area contributed by atoms with Crippen LogP contribution in [0.5, 0.6) is 0 Å². The predicted molar refractivity (Wildman–Crippen MR) is 109 cm³/mol. The Morgan fingerprint density at radius 2 is 2.04 bits per heavy atom. The van der Waals surface area contributed by atoms with Crippen molar-refractivity contribution in [3.8, 4) is 0 Å². The van der Waals surface area contributed by atoms with E-state index in [4.69, 9.17) is 27.9 Å². The number of carbonyl (C=O) groups excluding carboxylic acids is 1. The van der Waals surface area contributed by atoms with Crippen molar-refractivity contribution < 1.29 is 14.5 Å². The molecule has 28 heavy (non-hydrogen) atoms. The van der Waals surface area contributed by atoms with E-state index in [2.05, 4.69) is 4.99 Å². The van der Waals surface area contributed by atoms with Crippen LogP contribution in [-0.2, 0) is 11.3 Å². The van der Waals surface area contributed by atoms with Gasteiger partial charge in [0.15, 0.2) is 4.80 Å². The highest BCUT2D eigenvalue weighted by Crippen LogP contribution is 2.32. The Labute approximate surface area is 173 Å². The van der Waals surface area contributed by atoms with Crippen molar-refractivity contribution in [2.45, 2.75) is 13.5 Å². The van der Waals surface area contributed by atoms with Crippen LogP contribution in [0.2, 0.25) is 10.0 Å². The fourth-order valence-electron chi connectivity index (χ4n) is 2.66. The van der Waals surface area contributed by atoms with Crippen LogP contribution in [0.1, 0.15) is 17.3 Å². The molecule has 0 aliphatic heterocycles. The summed E-state index contributed by atoms with van der Waals surface area (Å²) in [6.45, 7) is 3.21. The van der Waals surface area contributed by atoms with Crippen LogP contribution in [0, 0.1) is 10.1 Å². The first-order chi connectivity index (χ1) is 13.4. The van der Waals surface area contributed by atoms with Gasteiger partial charge < -0.3 is 9.30 Å². The fraction of sp³-hybridized carbons (Fsp3) is 0.222. The largest absolute Gasteiger partial charge is 0.380 e. The van der Waals surface area contributed by atoms with Gasteiger partial charge in [-0.05, 0) is 25.1 Å². The zero-order valence-electron chi connectivity index (χ0n) is 14.7. The second kappa shape index (κ2) is 8.83. The summed E-state index contributed by atoms with van der Waals surface area (Å²) in [5.41, 5.74) is 0.276. The maximum atomic E-state index is 12.7. The molecular formula is C18H15Cl2N3O4S. The number of ether oxygens (including phenoxy) is 1. The third-order valence-corrected chi connectivity index (χ3v) is 5.76. The average molecular weight is 440 g/mol. The maximum Gasteiger partial charge on any atom is 0.286 e. The number of thiazole rings is 1. The number of carbonyl (C=O) groups is 1. The van der Waals surface area contributed by atoms with Crippen LogP contribution in [0.3, 0.4) is 0 Å². The summed E-state index contributed by atoms with van der Waals surface area (Å²) < 4.78 is 7.95. The lowest BCUT2D eigenvalue weighted by atomic mass is 10.2. The molecule has 1 heterocycles. The van der Waals surface area contributed by atoms with Gasteiger partial charge in [0.1, 0.15) is 5.56 Å². The molecule has 0 atom stereocenters. The number of nitrogens with zero attached hydrogens (tertiary/aromatic N) is 3. The molecule has 0 saturated heterocycles. The highest BCUT2D eigenvalue weighted by molar-refractivity contribution is 7.16. The molecule has 0 saturated carbocycles. The van der Waals surface area contributed by atoms with Crippen molar-refractivity contribution in [2.75, 3.05) is 13.2 Å². The number of rotatable bonds is 6. The van der Waals surface area contributed by atoms with Crippen molar-refractivity contribution >= 4 is 56.3 Å². The molecule has 0 aliphatic rings. The first kappa shape index (κ1) is 20.5. The molecule has 0 N–H and O–H groups in total. The van der Waals surface area contributed by atoms with E-state index in [1.54, 1.807) is 22.8 Å². The van der Waals surface area contributed by atoms with Crippen molar-refractivity contribution in [2.24, 2.45) is 4.99 Å². The highest BCUT2D eigenvalue weighted by Gasteiger charge is 2.20. The van der Waals surface area contributed by atoms with E-state index in [1.165, 1.54) is 29.5 Å². The topological polar surface area (TPSA) is 86.7 Å². The van der Waals surface area contributed by atoms with Gasteiger partial charge in [-0.2, -0.15) is 4.99 Å². The normalized spacial score (nSPS) is 11.9. The number of halogens is 2. The number of para-hydroxylation sites is 1. The minimum atomic E-state index is -0.703. The van der Waals surface area contributed by atoms with Gasteiger partial charge in [-0.25, -0.2) is 0 Å². The van der Waals surface area contributed by atoms with Crippen molar-refractivity contribution in [3.63, 3.8) is 0 Å². The van der Waals surface area contributed by atoms with Gasteiger partial charge in [-0.3, -0.25) is 14.9 Å². The maximum absolute atomic E-state index is 12.7. The van der Waals surface area contributed by atoms with Crippen LogP contribution < -0.4 is 4.80 Å². The highest BCUT2D eigenvalue weighted by atomic mass is 35.5. The molecule has 2 aromatic carbocycles. The lowest BCUT2D eigenvalue weighted by Crippen LogP contribution is -2.20. The van der Waals surface area contributed by atoms with Crippen LogP contribution in [-0.4, -0.2) is 28.6 Å². The lowest BCUT2D eigenvalue weighted by molar-refractivity contribution is -0.385. The number of nitro groups is 1. The number of nitro benzene ring substituents is 1. The Kier molecular flexibility index (Phi) is 6.46. The van der Waals surface area contributed by atoms with Crippen molar-refractivity contribution in [1.29, 1.82) is 0 Å². The standard InChI is InChI=1S/C18H15Cl2N3O4S/c1-2-27-10-9-22-16-14(8-7-12(19)15(16)20)28-18(22)21-17(24)11-5-3-4-6-13(11)23(25)26/h3-8H,2,9-10H2,1H3. The number of hydrogen-bond donors (Lipinski definition) is 0. The summed E-state index contributed by atoms with van der Waals surface area (Å²) in [7, 11) is 0. The summed E-state index contributed by atoms with van der Waals surface area (Å²) in [5.74, 6) is -0.703. The Morgan fingerprint density at radius 3 is 2.75 bits per heavy atom. The summed E-state index contributed by atoms with van der Waals surface area (Å²) in [4.78, 5) is 27.8. The molecule has 0 radical (unpaired) electrons. The number of aromatic nitrogens is 1. The number of benzene rings is 2. The van der Waals surface area contributed by atoms with E-state index in [0.29, 0.717) is 40.1 Å². The molecule has 0 spiro atoms. The third kappa shape index (κ3) is 4.10. The van der Waals surface area contributed by atoms with E-state index in [0.717, 1.165) is 4.70 Å². The quantitative estimate of drug-likeness (QED) is 0.316. The first-order valence-electron chi connectivity index (χ1n) is 8.31. The Balaban J connectivity index is 2.16. The van der Waals surface area contributed by atoms with Gasteiger partial charge in [-0.1, -0.05) is 46.7 Å². The molecule has 0 unspecified atom stereocenters. The van der Waals surface area contributed by atoms with Crippen LogP contribution in [0.4, 0.5) is 5.69 Å². The van der Waals surface area contributed by atoms with Gasteiger partial charge >= 0.3 is 0 Å². The van der Waals surface area contributed by atoms with Crippen molar-refractivity contribution in [3.05, 3.63) is 66.9 Å². The fourth-order valence-corrected chi connectivity index (χ4v) is 4.20. The van der Waals surface area contributed by atoms with Gasteiger partial charge in [0.2, 0.25) is 0 Å². The van der Waals surface area contributed by atoms with Gasteiger partial charge in [-0.15, -0.1) is 0 Å². The van der Waals surface area contributed by atoms with E-state index in [-0.39, 0.29) is 11.3 Å². The molecule has 0 aliphatic carbocycles. The summed E-state index contributed by atoms with van der Waals surface area (Å²) in [5, 5.41) is 11.9. The summed E-state index contributed by atoms with van der Waals surface area (Å²) >= 11 is 13.8. The molecule has 146 valence electrons. The summed E-state index contributed by atoms with van der Waals surface area (Å²) in [6, 6.07) is 9.17. The average Bonchev–Trinajstić information content (AvgIpc) is 3.03. The molecule has 7 nitrogen and oxygen atoms in total. The minimum absolute atomic E-state index is 0.0783. The van der Waals surface area contributed by atoms with E-state index >= 15 is 0 Å². The molecule has 3 rings (SSSR count). The van der Waals surface area contributed by atoms with Crippen molar-refractivity contribution in [1.82, 2.24) is 4.57 Å². The summed E-state index contributed by atoms with van der Waals surface area (Å²) in [6.07, 6.45) is 0. The SMILES string of the molecule is CCOCCn1c(=NC(=O)c2ccccc2[N+](=O)[O-])sc2ccc(Cl)c(Cl)c21. The monoisotopic (exact) mass is 439 g/mol. The molecule has 0 bridgehead atoms. The Bertz CT molecular complexity index is 1120. The van der Waals surface area contributed by atoms with Gasteiger partial charge in [0.05, 0.1) is 31.8 Å². The van der Waals surface area contributed by atoms with E-state index < -0.39 is 10.8 Å². The molecule has 1 aromatic heterocycles.